The molecule has 7 nitrogen and oxygen atoms in total. The molecule has 1 saturated heterocycles. The molecule has 0 saturated carbocycles. The Hall–Kier alpha value is -4.99. The summed E-state index contributed by atoms with van der Waals surface area (Å²) in [6.07, 6.45) is 3.83. The number of thioether (sulfide) groups is 1. The van der Waals surface area contributed by atoms with Crippen LogP contribution in [0.3, 0.4) is 0 Å². The van der Waals surface area contributed by atoms with Gasteiger partial charge in [-0.2, -0.15) is 10.1 Å². The van der Waals surface area contributed by atoms with E-state index in [1.807, 2.05) is 77.6 Å². The molecule has 9 heteroatoms. The van der Waals surface area contributed by atoms with Gasteiger partial charge in [0.2, 0.25) is 0 Å². The second-order valence-electron chi connectivity index (χ2n) is 11.2. The number of carbonyl (C=O) groups is 1. The maximum atomic E-state index is 13.3. The SMILES string of the molecule is O=C1N=C(N2CCN(Cc3ccccc3)CC2)S/C1=C\c1cn(-c2ccccc2)nc1-c1cccc(OCc2ccc(F)cc2)c1. The lowest BCUT2D eigenvalue weighted by molar-refractivity contribution is -0.113. The van der Waals surface area contributed by atoms with Crippen LogP contribution in [0.4, 0.5) is 4.39 Å². The topological polar surface area (TPSA) is 63.0 Å². The van der Waals surface area contributed by atoms with E-state index < -0.39 is 0 Å². The Balaban J connectivity index is 1.10. The summed E-state index contributed by atoms with van der Waals surface area (Å²) in [7, 11) is 0. The first-order valence-electron chi connectivity index (χ1n) is 15.2. The molecule has 4 aromatic carbocycles. The zero-order valence-electron chi connectivity index (χ0n) is 25.1. The van der Waals surface area contributed by atoms with Crippen molar-refractivity contribution in [3.05, 3.63) is 143 Å². The van der Waals surface area contributed by atoms with Crippen LogP contribution in [0.2, 0.25) is 0 Å². The van der Waals surface area contributed by atoms with Crippen molar-refractivity contribution < 1.29 is 13.9 Å². The lowest BCUT2D eigenvalue weighted by atomic mass is 10.1. The summed E-state index contributed by atoms with van der Waals surface area (Å²) in [4.78, 5) is 22.8. The zero-order chi connectivity index (χ0) is 31.3. The molecule has 0 radical (unpaired) electrons. The Kier molecular flexibility index (Phi) is 8.76. The van der Waals surface area contributed by atoms with Crippen LogP contribution in [0, 0.1) is 5.82 Å². The molecule has 0 spiro atoms. The van der Waals surface area contributed by atoms with Gasteiger partial charge in [-0.15, -0.1) is 0 Å². The number of amidine groups is 1. The number of hydrogen-bond acceptors (Lipinski definition) is 6. The third-order valence-corrected chi connectivity index (χ3v) is 9.02. The van der Waals surface area contributed by atoms with Crippen LogP contribution in [0.25, 0.3) is 23.0 Å². The maximum Gasteiger partial charge on any atom is 0.286 e. The van der Waals surface area contributed by atoms with Crippen molar-refractivity contribution in [2.75, 3.05) is 26.2 Å². The van der Waals surface area contributed by atoms with Crippen molar-refractivity contribution >= 4 is 28.9 Å². The molecule has 2 aliphatic heterocycles. The van der Waals surface area contributed by atoms with Crippen molar-refractivity contribution in [1.82, 2.24) is 19.6 Å². The normalized spacial score (nSPS) is 16.2. The van der Waals surface area contributed by atoms with E-state index >= 15 is 0 Å². The number of ether oxygens (including phenoxy) is 1. The van der Waals surface area contributed by atoms with Crippen LogP contribution in [0.1, 0.15) is 16.7 Å². The van der Waals surface area contributed by atoms with Gasteiger partial charge in [0.05, 0.1) is 10.6 Å². The minimum absolute atomic E-state index is 0.235. The van der Waals surface area contributed by atoms with Crippen LogP contribution in [-0.2, 0) is 17.9 Å². The molecule has 230 valence electrons. The van der Waals surface area contributed by atoms with E-state index in [1.54, 1.807) is 12.1 Å². The number of rotatable bonds is 8. The third kappa shape index (κ3) is 6.96. The van der Waals surface area contributed by atoms with E-state index in [4.69, 9.17) is 9.84 Å². The van der Waals surface area contributed by atoms with E-state index in [2.05, 4.69) is 39.1 Å². The maximum absolute atomic E-state index is 13.3. The summed E-state index contributed by atoms with van der Waals surface area (Å²) in [5, 5.41) is 5.69. The summed E-state index contributed by atoms with van der Waals surface area (Å²) in [6.45, 7) is 4.70. The third-order valence-electron chi connectivity index (χ3n) is 7.98. The number of hydrogen-bond donors (Lipinski definition) is 0. The zero-order valence-corrected chi connectivity index (χ0v) is 25.9. The molecule has 0 aliphatic carbocycles. The first-order chi connectivity index (χ1) is 22.6. The number of aromatic nitrogens is 2. The highest BCUT2D eigenvalue weighted by Crippen LogP contribution is 2.34. The molecule has 46 heavy (non-hydrogen) atoms. The smallest absolute Gasteiger partial charge is 0.286 e. The van der Waals surface area contributed by atoms with Gasteiger partial charge in [-0.05, 0) is 65.4 Å². The lowest BCUT2D eigenvalue weighted by Gasteiger charge is -2.35. The number of halogens is 1. The predicted octanol–water partition coefficient (Wildman–Crippen LogP) is 7.05. The molecule has 1 amide bonds. The van der Waals surface area contributed by atoms with Crippen molar-refractivity contribution in [1.29, 1.82) is 0 Å². The number of benzene rings is 4. The first kappa shape index (κ1) is 29.7. The number of piperazine rings is 1. The molecule has 5 aromatic rings. The molecule has 1 fully saturated rings. The number of aliphatic imine (C=N–C) groups is 1. The van der Waals surface area contributed by atoms with E-state index in [-0.39, 0.29) is 11.7 Å². The van der Waals surface area contributed by atoms with Crippen molar-refractivity contribution in [3.8, 4) is 22.7 Å². The second-order valence-corrected chi connectivity index (χ2v) is 12.2. The molecule has 7 rings (SSSR count). The second kappa shape index (κ2) is 13.6. The van der Waals surface area contributed by atoms with Gasteiger partial charge >= 0.3 is 0 Å². The molecule has 0 unspecified atom stereocenters. The molecule has 0 bridgehead atoms. The Morgan fingerprint density at radius 1 is 0.826 bits per heavy atom. The number of para-hydroxylation sites is 1. The molecular formula is C37H32FN5O2S. The molecule has 2 aliphatic rings. The minimum atomic E-state index is -0.278. The van der Waals surface area contributed by atoms with Gasteiger partial charge in [0, 0.05) is 50.0 Å². The van der Waals surface area contributed by atoms with E-state index in [0.29, 0.717) is 17.3 Å². The van der Waals surface area contributed by atoms with E-state index in [1.165, 1.54) is 29.5 Å². The largest absolute Gasteiger partial charge is 0.489 e. The van der Waals surface area contributed by atoms with Crippen molar-refractivity contribution in [3.63, 3.8) is 0 Å². The molecule has 1 aromatic heterocycles. The van der Waals surface area contributed by atoms with Gasteiger partial charge in [0.15, 0.2) is 5.17 Å². The first-order valence-corrected chi connectivity index (χ1v) is 16.1. The summed E-state index contributed by atoms with van der Waals surface area (Å²) in [5.41, 5.74) is 5.47. The summed E-state index contributed by atoms with van der Waals surface area (Å²) in [5.74, 6) is 0.152. The highest BCUT2D eigenvalue weighted by atomic mass is 32.2. The minimum Gasteiger partial charge on any atom is -0.489 e. The van der Waals surface area contributed by atoms with E-state index in [0.717, 1.165) is 66.0 Å². The fraction of sp³-hybridized carbons (Fsp3) is 0.162. The fourth-order valence-electron chi connectivity index (χ4n) is 5.52. The van der Waals surface area contributed by atoms with Gasteiger partial charge in [-0.25, -0.2) is 9.07 Å². The molecule has 0 N–H and O–H groups in total. The highest BCUT2D eigenvalue weighted by Gasteiger charge is 2.29. The highest BCUT2D eigenvalue weighted by molar-refractivity contribution is 8.18. The summed E-state index contributed by atoms with van der Waals surface area (Å²) in [6, 6.07) is 34.4. The Morgan fingerprint density at radius 2 is 1.57 bits per heavy atom. The van der Waals surface area contributed by atoms with Gasteiger partial charge in [0.1, 0.15) is 23.9 Å². The lowest BCUT2D eigenvalue weighted by Crippen LogP contribution is -2.47. The van der Waals surface area contributed by atoms with Gasteiger partial charge in [-0.3, -0.25) is 9.69 Å². The summed E-state index contributed by atoms with van der Waals surface area (Å²) >= 11 is 1.42. The van der Waals surface area contributed by atoms with Crippen molar-refractivity contribution in [2.24, 2.45) is 4.99 Å². The van der Waals surface area contributed by atoms with Gasteiger partial charge in [0.25, 0.3) is 5.91 Å². The van der Waals surface area contributed by atoms with Crippen LogP contribution in [0.5, 0.6) is 5.75 Å². The Bertz CT molecular complexity index is 1880. The molecular weight excluding hydrogens is 598 g/mol. The van der Waals surface area contributed by atoms with Gasteiger partial charge < -0.3 is 9.64 Å². The van der Waals surface area contributed by atoms with E-state index in [9.17, 15) is 9.18 Å². The van der Waals surface area contributed by atoms with Crippen molar-refractivity contribution in [2.45, 2.75) is 13.2 Å². The average molecular weight is 630 g/mol. The van der Waals surface area contributed by atoms with Gasteiger partial charge in [-0.1, -0.05) is 72.8 Å². The Labute approximate surface area is 271 Å². The quantitative estimate of drug-likeness (QED) is 0.172. The summed E-state index contributed by atoms with van der Waals surface area (Å²) < 4.78 is 21.2. The number of carbonyl (C=O) groups excluding carboxylic acids is 1. The van der Waals surface area contributed by atoms with Crippen LogP contribution in [0.15, 0.2) is 125 Å². The van der Waals surface area contributed by atoms with Crippen LogP contribution >= 0.6 is 11.8 Å². The Morgan fingerprint density at radius 3 is 2.33 bits per heavy atom. The van der Waals surface area contributed by atoms with Crippen LogP contribution in [-0.4, -0.2) is 56.8 Å². The predicted molar refractivity (Wildman–Crippen MR) is 181 cm³/mol. The monoisotopic (exact) mass is 629 g/mol. The molecule has 3 heterocycles. The van der Waals surface area contributed by atoms with Crippen LogP contribution < -0.4 is 4.74 Å². The number of nitrogens with zero attached hydrogens (tertiary/aromatic N) is 5. The standard InChI is InChI=1S/C37H32FN5O2S/c38-31-16-14-28(15-17-31)26-45-33-13-7-10-29(22-33)35-30(25-43(40-35)32-11-5-2-6-12-32)23-34-36(44)39-37(46-34)42-20-18-41(19-21-42)24-27-8-3-1-4-9-27/h1-17,22-23,25H,18-21,24,26H2/b34-23-. The fourth-order valence-corrected chi connectivity index (χ4v) is 6.48. The number of amides is 1. The average Bonchev–Trinajstić information content (AvgIpc) is 3.69. The molecule has 0 atom stereocenters.